The smallest absolute Gasteiger partial charge is 0.309 e. The molecule has 0 aromatic carbocycles. The maximum Gasteiger partial charge on any atom is 0.309 e. The molecule has 0 spiro atoms. The van der Waals surface area contributed by atoms with Crippen LogP contribution in [0.4, 0.5) is 0 Å². The van der Waals surface area contributed by atoms with Gasteiger partial charge in [-0.25, -0.2) is 4.98 Å². The molecule has 1 aliphatic carbocycles. The first kappa shape index (κ1) is 29.9. The van der Waals surface area contributed by atoms with Crippen molar-refractivity contribution in [1.82, 2.24) is 4.98 Å². The molecule has 0 radical (unpaired) electrons. The predicted octanol–water partition coefficient (Wildman–Crippen LogP) is 5.70. The lowest BCUT2D eigenvalue weighted by atomic mass is 9.73. The van der Waals surface area contributed by atoms with Gasteiger partial charge in [0.05, 0.1) is 34.8 Å². The van der Waals surface area contributed by atoms with Crippen molar-refractivity contribution >= 4 is 29.6 Å². The van der Waals surface area contributed by atoms with Crippen LogP contribution in [0.15, 0.2) is 28.8 Å². The van der Waals surface area contributed by atoms with E-state index in [2.05, 4.69) is 11.9 Å². The molecular formula is C30H45NO5S. The second-order valence-electron chi connectivity index (χ2n) is 12.2. The number of hydrogen-bond acceptors (Lipinski definition) is 7. The van der Waals surface area contributed by atoms with E-state index in [1.807, 2.05) is 44.4 Å². The molecule has 1 aromatic heterocycles. The number of ether oxygens (including phenoxy) is 1. The van der Waals surface area contributed by atoms with E-state index >= 15 is 0 Å². The minimum absolute atomic E-state index is 0.0203. The minimum Gasteiger partial charge on any atom is -0.458 e. The monoisotopic (exact) mass is 531 g/mol. The van der Waals surface area contributed by atoms with E-state index in [1.165, 1.54) is 0 Å². The van der Waals surface area contributed by atoms with Gasteiger partial charge in [-0.05, 0) is 79.9 Å². The molecule has 4 unspecified atom stereocenters. The molecule has 7 heteroatoms. The second kappa shape index (κ2) is 12.0. The highest BCUT2D eigenvalue weighted by Crippen LogP contribution is 2.58. The summed E-state index contributed by atoms with van der Waals surface area (Å²) in [5, 5.41) is 22.8. The molecule has 2 aliphatic rings. The number of rotatable bonds is 3. The van der Waals surface area contributed by atoms with E-state index < -0.39 is 35.6 Å². The Bertz CT molecular complexity index is 1010. The van der Waals surface area contributed by atoms with Gasteiger partial charge in [-0.2, -0.15) is 0 Å². The van der Waals surface area contributed by atoms with Gasteiger partial charge in [-0.1, -0.05) is 47.1 Å². The number of Topliss-reactive ketones (excluding diaryl/α,β-unsaturated/α-hetero) is 1. The number of hydrogen-bond donors (Lipinski definition) is 2. The molecule has 2 heterocycles. The van der Waals surface area contributed by atoms with Gasteiger partial charge in [-0.15, -0.1) is 11.8 Å². The first-order valence-electron chi connectivity index (χ1n) is 13.6. The van der Waals surface area contributed by atoms with E-state index in [0.29, 0.717) is 5.92 Å². The van der Waals surface area contributed by atoms with Crippen LogP contribution in [0.3, 0.4) is 0 Å². The van der Waals surface area contributed by atoms with Crippen LogP contribution in [0, 0.1) is 28.6 Å². The topological polar surface area (TPSA) is 96.7 Å². The number of nitrogens with zero attached hydrogens (tertiary/aromatic N) is 1. The van der Waals surface area contributed by atoms with Gasteiger partial charge in [0, 0.05) is 5.92 Å². The average molecular weight is 532 g/mol. The van der Waals surface area contributed by atoms with Crippen molar-refractivity contribution in [3.63, 3.8) is 0 Å². The third-order valence-corrected chi connectivity index (χ3v) is 9.54. The van der Waals surface area contributed by atoms with E-state index in [4.69, 9.17) is 4.74 Å². The fourth-order valence-electron chi connectivity index (χ4n) is 5.73. The molecule has 206 valence electrons. The summed E-state index contributed by atoms with van der Waals surface area (Å²) in [5.41, 5.74) is 0.740. The number of carbonyl (C=O) groups excluding carboxylic acids is 2. The normalized spacial score (nSPS) is 36.0. The number of esters is 1. The van der Waals surface area contributed by atoms with Crippen LogP contribution >= 0.6 is 11.8 Å². The Balaban J connectivity index is 1.87. The van der Waals surface area contributed by atoms with Crippen molar-refractivity contribution in [2.24, 2.45) is 28.6 Å². The van der Waals surface area contributed by atoms with Gasteiger partial charge in [0.15, 0.2) is 0 Å². The fourth-order valence-corrected chi connectivity index (χ4v) is 6.14. The molecular weight excluding hydrogens is 486 g/mol. The Morgan fingerprint density at radius 3 is 2.57 bits per heavy atom. The number of cyclic esters (lactones) is 1. The standard InChI is InChI=1S/C30H45NO5S/c1-18-10-9-13-30(6)17-21(30)15-23(19(2)14-22-11-8-12-25(31-22)37-7)36-26(33)16-24(32)29(4,5)28(35)20(3)27(18)34/h8,11-12,14,18,20-21,23-24,27,32,34H,9-10,13,15-17H2,1-7H3/b19-14+/t18-,20+,21?,23?,24-,27?,30?/m0/s1. The van der Waals surface area contributed by atoms with Crippen LogP contribution in [-0.2, 0) is 14.3 Å². The fraction of sp³-hybridized carbons (Fsp3) is 0.700. The molecule has 3 rings (SSSR count). The van der Waals surface area contributed by atoms with Crippen LogP contribution in [-0.4, -0.2) is 51.5 Å². The van der Waals surface area contributed by atoms with E-state index in [-0.39, 0.29) is 23.5 Å². The van der Waals surface area contributed by atoms with E-state index in [1.54, 1.807) is 32.5 Å². The molecule has 0 amide bonds. The lowest BCUT2D eigenvalue weighted by molar-refractivity contribution is -0.154. The zero-order chi connectivity index (χ0) is 27.5. The maximum absolute atomic E-state index is 13.3. The van der Waals surface area contributed by atoms with Crippen molar-refractivity contribution in [2.45, 2.75) is 103 Å². The number of pyridine rings is 1. The molecule has 1 aromatic rings. The summed E-state index contributed by atoms with van der Waals surface area (Å²) in [4.78, 5) is 31.0. The zero-order valence-electron chi connectivity index (χ0n) is 23.5. The molecule has 1 saturated carbocycles. The second-order valence-corrected chi connectivity index (χ2v) is 13.0. The van der Waals surface area contributed by atoms with E-state index in [0.717, 1.165) is 48.4 Å². The first-order chi connectivity index (χ1) is 17.3. The highest BCUT2D eigenvalue weighted by Gasteiger charge is 2.50. The number of fused-ring (bicyclic) bond motifs is 1. The van der Waals surface area contributed by atoms with Crippen molar-refractivity contribution < 1.29 is 24.5 Å². The van der Waals surface area contributed by atoms with Gasteiger partial charge in [0.25, 0.3) is 0 Å². The van der Waals surface area contributed by atoms with Crippen molar-refractivity contribution in [3.05, 3.63) is 29.5 Å². The Labute approximate surface area is 226 Å². The molecule has 1 aliphatic heterocycles. The van der Waals surface area contributed by atoms with Gasteiger partial charge < -0.3 is 14.9 Å². The van der Waals surface area contributed by atoms with Crippen LogP contribution in [0.2, 0.25) is 0 Å². The third kappa shape index (κ3) is 7.24. The predicted molar refractivity (Wildman–Crippen MR) is 148 cm³/mol. The number of ketones is 1. The Kier molecular flexibility index (Phi) is 9.68. The summed E-state index contributed by atoms with van der Waals surface area (Å²) < 4.78 is 5.99. The summed E-state index contributed by atoms with van der Waals surface area (Å²) in [6.07, 6.45) is 5.95. The summed E-state index contributed by atoms with van der Waals surface area (Å²) in [7, 11) is 0. The van der Waals surface area contributed by atoms with Gasteiger partial charge in [0.2, 0.25) is 0 Å². The summed E-state index contributed by atoms with van der Waals surface area (Å²) in [6, 6.07) is 5.87. The number of aliphatic hydroxyl groups excluding tert-OH is 2. The lowest BCUT2D eigenvalue weighted by Gasteiger charge is -2.34. The number of aromatic nitrogens is 1. The Morgan fingerprint density at radius 1 is 1.19 bits per heavy atom. The zero-order valence-corrected chi connectivity index (χ0v) is 24.3. The first-order valence-corrected chi connectivity index (χ1v) is 14.8. The minimum atomic E-state index is -1.21. The molecule has 6 nitrogen and oxygen atoms in total. The Hall–Kier alpha value is -1.70. The molecule has 0 bridgehead atoms. The number of aliphatic hydroxyl groups is 2. The van der Waals surface area contributed by atoms with Crippen molar-refractivity contribution in [2.75, 3.05) is 6.26 Å². The summed E-state index contributed by atoms with van der Waals surface area (Å²) >= 11 is 1.58. The van der Waals surface area contributed by atoms with Crippen LogP contribution in [0.25, 0.3) is 6.08 Å². The maximum atomic E-state index is 13.3. The summed E-state index contributed by atoms with van der Waals surface area (Å²) in [5.74, 6) is -0.966. The highest BCUT2D eigenvalue weighted by atomic mass is 32.2. The molecule has 7 atom stereocenters. The summed E-state index contributed by atoms with van der Waals surface area (Å²) in [6.45, 7) is 11.3. The molecule has 1 saturated heterocycles. The molecule has 2 N–H and O–H groups in total. The molecule has 37 heavy (non-hydrogen) atoms. The van der Waals surface area contributed by atoms with Gasteiger partial charge in [-0.3, -0.25) is 9.59 Å². The lowest BCUT2D eigenvalue weighted by Crippen LogP contribution is -2.45. The average Bonchev–Trinajstić information content (AvgIpc) is 3.49. The third-order valence-electron chi connectivity index (χ3n) is 8.89. The number of thioether (sulfide) groups is 1. The van der Waals surface area contributed by atoms with Crippen LogP contribution < -0.4 is 0 Å². The highest BCUT2D eigenvalue weighted by molar-refractivity contribution is 7.98. The quantitative estimate of drug-likeness (QED) is 0.382. The van der Waals surface area contributed by atoms with Gasteiger partial charge in [0.1, 0.15) is 11.9 Å². The van der Waals surface area contributed by atoms with Crippen molar-refractivity contribution in [3.8, 4) is 0 Å². The SMILES string of the molecule is CSc1cccc(/C=C(\C)C2CC3CC3(C)CCC[C@H](C)C(O)[C@@H](C)C(=O)C(C)(C)[C@@H](O)CC(=O)O2)n1. The number of carbonyl (C=O) groups is 2. The largest absolute Gasteiger partial charge is 0.458 e. The van der Waals surface area contributed by atoms with Crippen LogP contribution in [0.1, 0.15) is 85.8 Å². The Morgan fingerprint density at radius 2 is 1.89 bits per heavy atom. The van der Waals surface area contributed by atoms with Crippen molar-refractivity contribution in [1.29, 1.82) is 0 Å². The van der Waals surface area contributed by atoms with Crippen LogP contribution in [0.5, 0.6) is 0 Å². The van der Waals surface area contributed by atoms with E-state index in [9.17, 15) is 19.8 Å². The van der Waals surface area contributed by atoms with Gasteiger partial charge >= 0.3 is 5.97 Å². The molecule has 2 fully saturated rings.